The summed E-state index contributed by atoms with van der Waals surface area (Å²) < 4.78 is 1.58. The third kappa shape index (κ3) is 2.25. The second-order valence-electron chi connectivity index (χ2n) is 4.56. The molecule has 1 aliphatic rings. The van der Waals surface area contributed by atoms with Gasteiger partial charge in [-0.15, -0.1) is 0 Å². The van der Waals surface area contributed by atoms with Crippen LogP contribution in [0.2, 0.25) is 0 Å². The van der Waals surface area contributed by atoms with Crippen LogP contribution >= 0.6 is 0 Å². The zero-order valence-corrected chi connectivity index (χ0v) is 10.3. The number of aromatic nitrogens is 2. The summed E-state index contributed by atoms with van der Waals surface area (Å²) in [4.78, 5) is 10.7. The predicted molar refractivity (Wildman–Crippen MR) is 65.1 cm³/mol. The van der Waals surface area contributed by atoms with Crippen LogP contribution in [0.15, 0.2) is 0 Å². The van der Waals surface area contributed by atoms with Crippen LogP contribution < -0.4 is 5.32 Å². The van der Waals surface area contributed by atoms with Crippen LogP contribution in [0.3, 0.4) is 0 Å². The normalized spacial score (nSPS) is 15.6. The van der Waals surface area contributed by atoms with Crippen LogP contribution in [0.25, 0.3) is 0 Å². The van der Waals surface area contributed by atoms with Crippen molar-refractivity contribution in [3.8, 4) is 0 Å². The monoisotopic (exact) mass is 238 g/mol. The Morgan fingerprint density at radius 3 is 2.76 bits per heavy atom. The summed E-state index contributed by atoms with van der Waals surface area (Å²) >= 11 is 0. The topological polar surface area (TPSA) is 73.0 Å². The summed E-state index contributed by atoms with van der Waals surface area (Å²) in [7, 11) is 1.75. The first-order chi connectivity index (χ1) is 8.13. The zero-order valence-electron chi connectivity index (χ0n) is 10.3. The Bertz CT molecular complexity index is 423. The molecule has 0 aromatic carbocycles. The molecule has 0 atom stereocenters. The number of nitro groups is 1. The number of aryl methyl sites for hydroxylation is 2. The first-order valence-electron chi connectivity index (χ1n) is 6.07. The van der Waals surface area contributed by atoms with E-state index in [0.29, 0.717) is 23.9 Å². The number of hydrogen-bond acceptors (Lipinski definition) is 4. The Labute approximate surface area is 100 Å². The van der Waals surface area contributed by atoms with Crippen molar-refractivity contribution in [3.05, 3.63) is 15.8 Å². The van der Waals surface area contributed by atoms with E-state index in [4.69, 9.17) is 0 Å². The van der Waals surface area contributed by atoms with Crippen LogP contribution in [-0.2, 0) is 13.5 Å². The average molecular weight is 238 g/mol. The van der Waals surface area contributed by atoms with Crippen molar-refractivity contribution < 1.29 is 4.92 Å². The van der Waals surface area contributed by atoms with Gasteiger partial charge in [-0.05, 0) is 25.2 Å². The Morgan fingerprint density at radius 1 is 1.59 bits per heavy atom. The molecule has 6 nitrogen and oxygen atoms in total. The van der Waals surface area contributed by atoms with Crippen molar-refractivity contribution in [1.82, 2.24) is 9.78 Å². The van der Waals surface area contributed by atoms with Crippen molar-refractivity contribution in [2.75, 3.05) is 11.9 Å². The molecule has 1 fully saturated rings. The molecule has 0 amide bonds. The van der Waals surface area contributed by atoms with E-state index < -0.39 is 0 Å². The molecule has 1 saturated carbocycles. The van der Waals surface area contributed by atoms with E-state index in [1.165, 1.54) is 19.3 Å². The molecule has 17 heavy (non-hydrogen) atoms. The fraction of sp³-hybridized carbons (Fsp3) is 0.727. The third-order valence-corrected chi connectivity index (χ3v) is 3.39. The van der Waals surface area contributed by atoms with Crippen molar-refractivity contribution in [1.29, 1.82) is 0 Å². The van der Waals surface area contributed by atoms with Gasteiger partial charge in [-0.3, -0.25) is 10.1 Å². The highest BCUT2D eigenvalue weighted by Crippen LogP contribution is 2.31. The molecular weight excluding hydrogens is 220 g/mol. The van der Waals surface area contributed by atoms with E-state index in [9.17, 15) is 10.1 Å². The Balaban J connectivity index is 2.17. The van der Waals surface area contributed by atoms with Gasteiger partial charge in [-0.1, -0.05) is 13.3 Å². The molecule has 0 aliphatic heterocycles. The van der Waals surface area contributed by atoms with E-state index in [-0.39, 0.29) is 10.6 Å². The Hall–Kier alpha value is -1.59. The summed E-state index contributed by atoms with van der Waals surface area (Å²) in [5.41, 5.74) is 0.683. The van der Waals surface area contributed by atoms with E-state index in [0.717, 1.165) is 6.54 Å². The predicted octanol–water partition coefficient (Wildman–Crippen LogP) is 2.10. The molecule has 1 heterocycles. The summed E-state index contributed by atoms with van der Waals surface area (Å²) in [6, 6.07) is 0. The quantitative estimate of drug-likeness (QED) is 0.629. The number of nitrogens with zero attached hydrogens (tertiary/aromatic N) is 3. The lowest BCUT2D eigenvalue weighted by molar-refractivity contribution is -0.384. The number of hydrogen-bond donors (Lipinski definition) is 1. The summed E-state index contributed by atoms with van der Waals surface area (Å²) in [5, 5.41) is 18.4. The van der Waals surface area contributed by atoms with Crippen molar-refractivity contribution in [2.45, 2.75) is 32.6 Å². The average Bonchev–Trinajstić information content (AvgIpc) is 2.53. The molecule has 1 aliphatic carbocycles. The third-order valence-electron chi connectivity index (χ3n) is 3.39. The molecule has 0 spiro atoms. The minimum atomic E-state index is -0.338. The lowest BCUT2D eigenvalue weighted by atomic mass is 9.85. The van der Waals surface area contributed by atoms with Crippen LogP contribution in [0.1, 0.15) is 31.9 Å². The minimum Gasteiger partial charge on any atom is -0.364 e. The van der Waals surface area contributed by atoms with Gasteiger partial charge in [-0.25, -0.2) is 4.68 Å². The molecule has 1 aromatic rings. The number of nitrogens with one attached hydrogen (secondary N) is 1. The van der Waals surface area contributed by atoms with Crippen LogP contribution in [-0.4, -0.2) is 21.2 Å². The van der Waals surface area contributed by atoms with Gasteiger partial charge >= 0.3 is 5.69 Å². The molecular formula is C11H18N4O2. The maximum atomic E-state index is 11.1. The SMILES string of the molecule is CCc1nn(C)c(NCC2CCC2)c1[N+](=O)[O-]. The van der Waals surface area contributed by atoms with E-state index in [2.05, 4.69) is 10.4 Å². The van der Waals surface area contributed by atoms with Gasteiger partial charge in [0.2, 0.25) is 5.82 Å². The molecule has 0 unspecified atom stereocenters. The molecule has 1 N–H and O–H groups in total. The van der Waals surface area contributed by atoms with E-state index in [1.807, 2.05) is 6.92 Å². The highest BCUT2D eigenvalue weighted by molar-refractivity contribution is 5.59. The maximum absolute atomic E-state index is 11.1. The van der Waals surface area contributed by atoms with Crippen molar-refractivity contribution >= 4 is 11.5 Å². The zero-order chi connectivity index (χ0) is 12.4. The highest BCUT2D eigenvalue weighted by atomic mass is 16.6. The lowest BCUT2D eigenvalue weighted by Crippen LogP contribution is -2.22. The molecule has 0 saturated heterocycles. The molecule has 0 bridgehead atoms. The second-order valence-corrected chi connectivity index (χ2v) is 4.56. The van der Waals surface area contributed by atoms with Gasteiger partial charge in [0, 0.05) is 13.6 Å². The second kappa shape index (κ2) is 4.73. The van der Waals surface area contributed by atoms with Gasteiger partial charge in [-0.2, -0.15) is 5.10 Å². The van der Waals surface area contributed by atoms with Gasteiger partial charge in [0.25, 0.3) is 0 Å². The minimum absolute atomic E-state index is 0.134. The first-order valence-corrected chi connectivity index (χ1v) is 6.07. The smallest absolute Gasteiger partial charge is 0.333 e. The standard InChI is InChI=1S/C11H18N4O2/c1-3-9-10(15(16)17)11(14(2)13-9)12-7-8-5-4-6-8/h8,12H,3-7H2,1-2H3. The fourth-order valence-electron chi connectivity index (χ4n) is 2.13. The Morgan fingerprint density at radius 2 is 2.29 bits per heavy atom. The van der Waals surface area contributed by atoms with Crippen molar-refractivity contribution in [2.24, 2.45) is 13.0 Å². The molecule has 94 valence electrons. The number of rotatable bonds is 5. The summed E-state index contributed by atoms with van der Waals surface area (Å²) in [6.45, 7) is 2.69. The summed E-state index contributed by atoms with van der Waals surface area (Å²) in [6.07, 6.45) is 4.30. The largest absolute Gasteiger partial charge is 0.364 e. The van der Waals surface area contributed by atoms with Crippen LogP contribution in [0, 0.1) is 16.0 Å². The van der Waals surface area contributed by atoms with E-state index >= 15 is 0 Å². The van der Waals surface area contributed by atoms with Crippen LogP contribution in [0.4, 0.5) is 11.5 Å². The van der Waals surface area contributed by atoms with Gasteiger partial charge in [0.05, 0.1) is 4.92 Å². The fourth-order valence-corrected chi connectivity index (χ4v) is 2.13. The van der Waals surface area contributed by atoms with Crippen LogP contribution in [0.5, 0.6) is 0 Å². The van der Waals surface area contributed by atoms with Gasteiger partial charge < -0.3 is 5.32 Å². The van der Waals surface area contributed by atoms with Crippen molar-refractivity contribution in [3.63, 3.8) is 0 Å². The number of anilines is 1. The summed E-state index contributed by atoms with van der Waals surface area (Å²) in [5.74, 6) is 1.20. The lowest BCUT2D eigenvalue weighted by Gasteiger charge is -2.25. The first kappa shape index (κ1) is 11.9. The molecule has 1 aromatic heterocycles. The highest BCUT2D eigenvalue weighted by Gasteiger charge is 2.26. The van der Waals surface area contributed by atoms with E-state index in [1.54, 1.807) is 11.7 Å². The Kier molecular flexibility index (Phi) is 3.31. The van der Waals surface area contributed by atoms with Gasteiger partial charge in [0.15, 0.2) is 0 Å². The molecule has 2 rings (SSSR count). The molecule has 6 heteroatoms. The maximum Gasteiger partial charge on any atom is 0.333 e. The van der Waals surface area contributed by atoms with Gasteiger partial charge in [0.1, 0.15) is 5.69 Å². The molecule has 0 radical (unpaired) electrons.